The Balaban J connectivity index is 2.13. The molecule has 2 rings (SSSR count). The Morgan fingerprint density at radius 2 is 1.95 bits per heavy atom. The molecule has 0 radical (unpaired) electrons. The lowest BCUT2D eigenvalue weighted by Gasteiger charge is -2.15. The number of alkyl halides is 2. The SMILES string of the molecule is CC(Nc1ccc(OC(F)F)c(F)c1)c1cc(Cl)sc1Cl. The Morgan fingerprint density at radius 1 is 1.24 bits per heavy atom. The van der Waals surface area contributed by atoms with E-state index in [1.807, 2.05) is 6.92 Å². The molecule has 0 fully saturated rings. The first-order chi connectivity index (χ1) is 9.86. The molecule has 21 heavy (non-hydrogen) atoms. The molecule has 2 nitrogen and oxygen atoms in total. The number of hydrogen-bond acceptors (Lipinski definition) is 3. The number of ether oxygens (including phenoxy) is 1. The summed E-state index contributed by atoms with van der Waals surface area (Å²) in [4.78, 5) is 0. The van der Waals surface area contributed by atoms with Crippen molar-refractivity contribution in [3.63, 3.8) is 0 Å². The van der Waals surface area contributed by atoms with Crippen molar-refractivity contribution in [2.45, 2.75) is 19.6 Å². The molecule has 0 aliphatic heterocycles. The Morgan fingerprint density at radius 3 is 2.48 bits per heavy atom. The van der Waals surface area contributed by atoms with E-state index < -0.39 is 18.2 Å². The second-order valence-electron chi connectivity index (χ2n) is 4.17. The Kier molecular flexibility index (Phi) is 5.24. The van der Waals surface area contributed by atoms with E-state index in [0.717, 1.165) is 17.7 Å². The van der Waals surface area contributed by atoms with Crippen LogP contribution in [0.15, 0.2) is 24.3 Å². The van der Waals surface area contributed by atoms with E-state index in [0.29, 0.717) is 14.4 Å². The van der Waals surface area contributed by atoms with Crippen LogP contribution >= 0.6 is 34.5 Å². The maximum atomic E-state index is 13.6. The van der Waals surface area contributed by atoms with Gasteiger partial charge in [0.05, 0.1) is 14.7 Å². The van der Waals surface area contributed by atoms with Crippen LogP contribution in [0.4, 0.5) is 18.9 Å². The normalized spacial score (nSPS) is 12.5. The highest BCUT2D eigenvalue weighted by Gasteiger charge is 2.15. The van der Waals surface area contributed by atoms with Gasteiger partial charge >= 0.3 is 6.61 Å². The van der Waals surface area contributed by atoms with E-state index in [1.165, 1.54) is 17.4 Å². The van der Waals surface area contributed by atoms with Crippen molar-refractivity contribution >= 4 is 40.2 Å². The molecule has 1 N–H and O–H groups in total. The lowest BCUT2D eigenvalue weighted by atomic mass is 10.1. The largest absolute Gasteiger partial charge is 0.432 e. The van der Waals surface area contributed by atoms with Crippen molar-refractivity contribution in [2.24, 2.45) is 0 Å². The highest BCUT2D eigenvalue weighted by Crippen LogP contribution is 2.36. The van der Waals surface area contributed by atoms with Gasteiger partial charge in [-0.05, 0) is 25.1 Å². The average Bonchev–Trinajstić information content (AvgIpc) is 2.71. The van der Waals surface area contributed by atoms with E-state index in [2.05, 4.69) is 10.1 Å². The quantitative estimate of drug-likeness (QED) is 0.713. The molecule has 1 unspecified atom stereocenters. The van der Waals surface area contributed by atoms with Crippen LogP contribution in [0.1, 0.15) is 18.5 Å². The molecule has 0 bridgehead atoms. The van der Waals surface area contributed by atoms with Crippen LogP contribution in [0.25, 0.3) is 0 Å². The summed E-state index contributed by atoms with van der Waals surface area (Å²) in [7, 11) is 0. The van der Waals surface area contributed by atoms with Crippen molar-refractivity contribution in [1.82, 2.24) is 0 Å². The molecule has 1 heterocycles. The van der Waals surface area contributed by atoms with Gasteiger partial charge in [0.25, 0.3) is 0 Å². The van der Waals surface area contributed by atoms with Crippen molar-refractivity contribution in [3.05, 3.63) is 44.3 Å². The van der Waals surface area contributed by atoms with Gasteiger partial charge in [0.2, 0.25) is 0 Å². The molecular weight excluding hydrogens is 346 g/mol. The molecule has 0 amide bonds. The highest BCUT2D eigenvalue weighted by molar-refractivity contribution is 7.20. The summed E-state index contributed by atoms with van der Waals surface area (Å²) in [6.45, 7) is -1.24. The lowest BCUT2D eigenvalue weighted by Crippen LogP contribution is -2.07. The van der Waals surface area contributed by atoms with Gasteiger partial charge in [-0.25, -0.2) is 4.39 Å². The predicted octanol–water partition coefficient (Wildman–Crippen LogP) is 5.97. The monoisotopic (exact) mass is 355 g/mol. The second-order valence-corrected chi connectivity index (χ2v) is 6.45. The van der Waals surface area contributed by atoms with E-state index in [9.17, 15) is 13.2 Å². The second kappa shape index (κ2) is 6.77. The third kappa shape index (κ3) is 4.18. The molecule has 0 aliphatic rings. The molecule has 0 saturated carbocycles. The van der Waals surface area contributed by atoms with Gasteiger partial charge in [-0.3, -0.25) is 0 Å². The van der Waals surface area contributed by atoms with E-state index in [-0.39, 0.29) is 6.04 Å². The zero-order valence-corrected chi connectivity index (χ0v) is 13.0. The van der Waals surface area contributed by atoms with Crippen LogP contribution in [-0.4, -0.2) is 6.61 Å². The molecule has 0 aliphatic carbocycles. The summed E-state index contributed by atoms with van der Waals surface area (Å²) < 4.78 is 42.8. The lowest BCUT2D eigenvalue weighted by molar-refractivity contribution is -0.0521. The number of halogens is 5. The fourth-order valence-electron chi connectivity index (χ4n) is 1.76. The van der Waals surface area contributed by atoms with Gasteiger partial charge in [0, 0.05) is 17.3 Å². The van der Waals surface area contributed by atoms with Crippen LogP contribution in [0.5, 0.6) is 5.75 Å². The van der Waals surface area contributed by atoms with Crippen molar-refractivity contribution < 1.29 is 17.9 Å². The fraction of sp³-hybridized carbons (Fsp3) is 0.231. The molecule has 1 aromatic carbocycles. The van der Waals surface area contributed by atoms with E-state index in [4.69, 9.17) is 23.2 Å². The van der Waals surface area contributed by atoms with E-state index in [1.54, 1.807) is 6.07 Å². The predicted molar refractivity (Wildman–Crippen MR) is 79.4 cm³/mol. The third-order valence-corrected chi connectivity index (χ3v) is 4.20. The molecule has 114 valence electrons. The highest BCUT2D eigenvalue weighted by atomic mass is 35.5. The number of anilines is 1. The van der Waals surface area contributed by atoms with Crippen molar-refractivity contribution in [3.8, 4) is 5.75 Å². The van der Waals surface area contributed by atoms with Crippen LogP contribution < -0.4 is 10.1 Å². The maximum Gasteiger partial charge on any atom is 0.387 e. The van der Waals surface area contributed by atoms with E-state index >= 15 is 0 Å². The topological polar surface area (TPSA) is 21.3 Å². The average molecular weight is 356 g/mol. The Labute approximate surface area is 133 Å². The molecule has 8 heteroatoms. The van der Waals surface area contributed by atoms with Gasteiger partial charge in [-0.2, -0.15) is 8.78 Å². The van der Waals surface area contributed by atoms with Gasteiger partial charge in [-0.15, -0.1) is 11.3 Å². The zero-order chi connectivity index (χ0) is 15.6. The van der Waals surface area contributed by atoms with Gasteiger partial charge < -0.3 is 10.1 Å². The summed E-state index contributed by atoms with van der Waals surface area (Å²) in [6, 6.07) is 5.16. The minimum Gasteiger partial charge on any atom is -0.432 e. The molecule has 0 saturated heterocycles. The van der Waals surface area contributed by atoms with Crippen LogP contribution in [0.2, 0.25) is 8.67 Å². The van der Waals surface area contributed by atoms with Crippen LogP contribution in [0, 0.1) is 5.82 Å². The van der Waals surface area contributed by atoms with Crippen molar-refractivity contribution in [2.75, 3.05) is 5.32 Å². The minimum absolute atomic E-state index is 0.220. The third-order valence-electron chi connectivity index (χ3n) is 2.68. The summed E-state index contributed by atoms with van der Waals surface area (Å²) in [5.74, 6) is -1.37. The summed E-state index contributed by atoms with van der Waals surface area (Å²) in [6.07, 6.45) is 0. The Hall–Kier alpha value is -1.11. The molecule has 1 atom stereocenters. The standard InChI is InChI=1S/C13H10Cl2F3NOS/c1-6(8-5-11(14)21-12(8)15)19-7-2-3-10(9(16)4-7)20-13(17)18/h2-6,13,19H,1H3. The fourth-order valence-corrected chi connectivity index (χ4v) is 3.40. The molecule has 2 aromatic rings. The smallest absolute Gasteiger partial charge is 0.387 e. The maximum absolute atomic E-state index is 13.6. The molecular formula is C13H10Cl2F3NOS. The van der Waals surface area contributed by atoms with Crippen LogP contribution in [-0.2, 0) is 0 Å². The summed E-state index contributed by atoms with van der Waals surface area (Å²) in [5, 5.41) is 3.01. The first-order valence-corrected chi connectivity index (χ1v) is 7.39. The van der Waals surface area contributed by atoms with Gasteiger partial charge in [0.15, 0.2) is 11.6 Å². The van der Waals surface area contributed by atoms with Crippen molar-refractivity contribution in [1.29, 1.82) is 0 Å². The number of nitrogens with one attached hydrogen (secondary N) is 1. The molecule has 0 spiro atoms. The Bertz CT molecular complexity index is 636. The number of hydrogen-bond donors (Lipinski definition) is 1. The van der Waals surface area contributed by atoms with Gasteiger partial charge in [0.1, 0.15) is 0 Å². The number of benzene rings is 1. The summed E-state index contributed by atoms with van der Waals surface area (Å²) in [5.41, 5.74) is 1.19. The first kappa shape index (κ1) is 16.3. The summed E-state index contributed by atoms with van der Waals surface area (Å²) >= 11 is 13.1. The first-order valence-electron chi connectivity index (χ1n) is 5.82. The number of thiophene rings is 1. The van der Waals surface area contributed by atoms with Gasteiger partial charge in [-0.1, -0.05) is 23.2 Å². The number of rotatable bonds is 5. The van der Waals surface area contributed by atoms with Crippen LogP contribution in [0.3, 0.4) is 0 Å². The minimum atomic E-state index is -3.07. The molecule has 1 aromatic heterocycles. The zero-order valence-electron chi connectivity index (χ0n) is 10.7.